The van der Waals surface area contributed by atoms with Crippen LogP contribution in [0.2, 0.25) is 0 Å². The minimum absolute atomic E-state index is 0.0167. The first-order chi connectivity index (χ1) is 10.1. The van der Waals surface area contributed by atoms with Crippen LogP contribution in [-0.2, 0) is 16.1 Å². The van der Waals surface area contributed by atoms with Gasteiger partial charge in [-0.15, -0.1) is 0 Å². The van der Waals surface area contributed by atoms with Crippen molar-refractivity contribution in [3.8, 4) is 0 Å². The van der Waals surface area contributed by atoms with Crippen LogP contribution in [0.3, 0.4) is 0 Å². The number of amides is 1. The molecule has 0 bridgehead atoms. The number of carbonyl (C=O) groups excluding carboxylic acids is 1. The number of carbonyl (C=O) groups is 1. The van der Waals surface area contributed by atoms with Gasteiger partial charge in [0, 0.05) is 33.2 Å². The first-order valence-corrected chi connectivity index (χ1v) is 7.30. The summed E-state index contributed by atoms with van der Waals surface area (Å²) in [5.74, 6) is -0.247. The highest BCUT2D eigenvalue weighted by atomic mass is 19.1. The number of rotatable bonds is 10. The molecule has 0 aliphatic rings. The lowest BCUT2D eigenvalue weighted by molar-refractivity contribution is -0.121. The maximum atomic E-state index is 12.7. The Labute approximate surface area is 126 Å². The Morgan fingerprint density at radius 2 is 1.95 bits per heavy atom. The quantitative estimate of drug-likeness (QED) is 0.673. The molecule has 1 aromatic rings. The molecule has 0 heterocycles. The fourth-order valence-corrected chi connectivity index (χ4v) is 1.92. The zero-order valence-corrected chi connectivity index (χ0v) is 12.9. The van der Waals surface area contributed by atoms with Crippen LogP contribution >= 0.6 is 0 Å². The van der Waals surface area contributed by atoms with E-state index >= 15 is 0 Å². The molecular formula is C16H25FN2O2. The molecule has 1 rings (SSSR count). The van der Waals surface area contributed by atoms with Crippen LogP contribution in [0.4, 0.5) is 4.39 Å². The molecule has 118 valence electrons. The van der Waals surface area contributed by atoms with Gasteiger partial charge in [-0.25, -0.2) is 4.39 Å². The van der Waals surface area contributed by atoms with Crippen molar-refractivity contribution in [2.45, 2.75) is 25.8 Å². The lowest BCUT2D eigenvalue weighted by Gasteiger charge is -2.16. The number of halogens is 1. The summed E-state index contributed by atoms with van der Waals surface area (Å²) in [5, 5.41) is 2.84. The lowest BCUT2D eigenvalue weighted by atomic mass is 10.2. The molecule has 21 heavy (non-hydrogen) atoms. The summed E-state index contributed by atoms with van der Waals surface area (Å²) >= 11 is 0. The monoisotopic (exact) mass is 296 g/mol. The Bertz CT molecular complexity index is 409. The molecular weight excluding hydrogens is 271 g/mol. The Balaban J connectivity index is 2.11. The minimum atomic E-state index is -0.264. The number of nitrogens with zero attached hydrogens (tertiary/aromatic N) is 1. The lowest BCUT2D eigenvalue weighted by Crippen LogP contribution is -2.29. The average molecular weight is 296 g/mol. The van der Waals surface area contributed by atoms with E-state index in [1.54, 1.807) is 19.2 Å². The summed E-state index contributed by atoms with van der Waals surface area (Å²) < 4.78 is 17.7. The molecule has 0 aliphatic heterocycles. The van der Waals surface area contributed by atoms with Crippen LogP contribution in [0.1, 0.15) is 24.8 Å². The predicted molar refractivity (Wildman–Crippen MR) is 81.5 cm³/mol. The molecule has 0 fully saturated rings. The summed E-state index contributed by atoms with van der Waals surface area (Å²) in [5.41, 5.74) is 0.901. The number of hydrogen-bond donors (Lipinski definition) is 1. The third-order valence-corrected chi connectivity index (χ3v) is 3.26. The van der Waals surface area contributed by atoms with Crippen LogP contribution in [0.5, 0.6) is 0 Å². The normalized spacial score (nSPS) is 10.9. The third kappa shape index (κ3) is 8.42. The Kier molecular flexibility index (Phi) is 8.62. The molecule has 0 unspecified atom stereocenters. The van der Waals surface area contributed by atoms with Crippen LogP contribution < -0.4 is 5.32 Å². The maximum absolute atomic E-state index is 12.7. The molecule has 4 nitrogen and oxygen atoms in total. The van der Waals surface area contributed by atoms with Crippen molar-refractivity contribution in [1.29, 1.82) is 0 Å². The van der Waals surface area contributed by atoms with E-state index < -0.39 is 0 Å². The summed E-state index contributed by atoms with van der Waals surface area (Å²) in [6.45, 7) is 2.93. The van der Waals surface area contributed by atoms with Gasteiger partial charge in [0.05, 0.1) is 0 Å². The second-order valence-electron chi connectivity index (χ2n) is 5.16. The summed E-state index contributed by atoms with van der Waals surface area (Å²) in [6.07, 6.45) is 2.58. The first kappa shape index (κ1) is 17.6. The number of benzene rings is 1. The fraction of sp³-hybridized carbons (Fsp3) is 0.562. The van der Waals surface area contributed by atoms with Crippen LogP contribution in [-0.4, -0.2) is 44.7 Å². The molecule has 1 aromatic carbocycles. The topological polar surface area (TPSA) is 41.6 Å². The molecule has 0 atom stereocenters. The second-order valence-corrected chi connectivity index (χ2v) is 5.16. The number of unbranched alkanes of at least 4 members (excludes halogenated alkanes) is 1. The van der Waals surface area contributed by atoms with Gasteiger partial charge >= 0.3 is 0 Å². The predicted octanol–water partition coefficient (Wildman–Crippen LogP) is 2.19. The van der Waals surface area contributed by atoms with Gasteiger partial charge < -0.3 is 15.0 Å². The van der Waals surface area contributed by atoms with E-state index in [4.69, 9.17) is 4.74 Å². The number of ether oxygens (including phenoxy) is 1. The van der Waals surface area contributed by atoms with Gasteiger partial charge in [0.25, 0.3) is 0 Å². The van der Waals surface area contributed by atoms with E-state index in [0.29, 0.717) is 13.0 Å². The molecule has 0 radical (unpaired) electrons. The van der Waals surface area contributed by atoms with Crippen molar-refractivity contribution in [2.75, 3.05) is 33.9 Å². The van der Waals surface area contributed by atoms with E-state index in [1.165, 1.54) is 12.1 Å². The summed E-state index contributed by atoms with van der Waals surface area (Å²) in [4.78, 5) is 13.9. The van der Waals surface area contributed by atoms with E-state index in [-0.39, 0.29) is 11.7 Å². The fourth-order valence-electron chi connectivity index (χ4n) is 1.92. The van der Waals surface area contributed by atoms with Crippen molar-refractivity contribution in [2.24, 2.45) is 0 Å². The highest BCUT2D eigenvalue weighted by Crippen LogP contribution is 2.02. The van der Waals surface area contributed by atoms with Gasteiger partial charge in [-0.3, -0.25) is 4.79 Å². The van der Waals surface area contributed by atoms with Gasteiger partial charge in [0.2, 0.25) is 5.91 Å². The minimum Gasteiger partial charge on any atom is -0.385 e. The van der Waals surface area contributed by atoms with Gasteiger partial charge in [0.15, 0.2) is 0 Å². The van der Waals surface area contributed by atoms with Crippen LogP contribution in [0, 0.1) is 5.82 Å². The molecule has 0 aromatic heterocycles. The Morgan fingerprint density at radius 3 is 2.62 bits per heavy atom. The molecule has 1 N–H and O–H groups in total. The molecule has 0 aliphatic carbocycles. The Hall–Kier alpha value is -1.46. The second kappa shape index (κ2) is 10.3. The largest absolute Gasteiger partial charge is 0.385 e. The van der Waals surface area contributed by atoms with Crippen molar-refractivity contribution in [1.82, 2.24) is 10.2 Å². The van der Waals surface area contributed by atoms with Crippen molar-refractivity contribution < 1.29 is 13.9 Å². The third-order valence-electron chi connectivity index (χ3n) is 3.26. The number of hydrogen-bond acceptors (Lipinski definition) is 3. The summed E-state index contributed by atoms with van der Waals surface area (Å²) in [6, 6.07) is 6.15. The summed E-state index contributed by atoms with van der Waals surface area (Å²) in [7, 11) is 3.72. The maximum Gasteiger partial charge on any atom is 0.221 e. The smallest absolute Gasteiger partial charge is 0.221 e. The number of methoxy groups -OCH3 is 1. The van der Waals surface area contributed by atoms with Gasteiger partial charge in [0.1, 0.15) is 5.82 Å². The van der Waals surface area contributed by atoms with Gasteiger partial charge in [-0.1, -0.05) is 12.1 Å². The zero-order valence-electron chi connectivity index (χ0n) is 12.9. The highest BCUT2D eigenvalue weighted by Gasteiger charge is 2.04. The average Bonchev–Trinajstić information content (AvgIpc) is 2.49. The first-order valence-electron chi connectivity index (χ1n) is 7.30. The van der Waals surface area contributed by atoms with Gasteiger partial charge in [-0.2, -0.15) is 0 Å². The van der Waals surface area contributed by atoms with Crippen LogP contribution in [0.15, 0.2) is 24.3 Å². The number of nitrogens with one attached hydrogen (secondary N) is 1. The van der Waals surface area contributed by atoms with Crippen LogP contribution in [0.25, 0.3) is 0 Å². The van der Waals surface area contributed by atoms with E-state index in [9.17, 15) is 9.18 Å². The van der Waals surface area contributed by atoms with Gasteiger partial charge in [-0.05, 0) is 44.1 Å². The molecule has 0 saturated heterocycles. The van der Waals surface area contributed by atoms with E-state index in [2.05, 4.69) is 10.2 Å². The molecule has 0 saturated carbocycles. The Morgan fingerprint density at radius 1 is 1.24 bits per heavy atom. The highest BCUT2D eigenvalue weighted by molar-refractivity contribution is 5.76. The molecule has 1 amide bonds. The zero-order chi connectivity index (χ0) is 15.5. The van der Waals surface area contributed by atoms with Crippen molar-refractivity contribution in [3.63, 3.8) is 0 Å². The van der Waals surface area contributed by atoms with Crippen molar-refractivity contribution >= 4 is 5.91 Å². The standard InChI is InChI=1S/C16H25FN2O2/c1-19(10-3-4-12-21-2)11-9-16(20)18-13-14-5-7-15(17)8-6-14/h5-8H,3-4,9-13H2,1-2H3,(H,18,20). The van der Waals surface area contributed by atoms with E-state index in [1.807, 2.05) is 7.05 Å². The SMILES string of the molecule is COCCCCN(C)CCC(=O)NCc1ccc(F)cc1. The van der Waals surface area contributed by atoms with E-state index in [0.717, 1.165) is 38.1 Å². The van der Waals surface area contributed by atoms with Crippen molar-refractivity contribution in [3.05, 3.63) is 35.6 Å². The molecule has 0 spiro atoms. The molecule has 5 heteroatoms.